The molecule has 0 unspecified atom stereocenters. The number of benzene rings is 2. The average Bonchev–Trinajstić information content (AvgIpc) is 3.48. The normalized spacial score (nSPS) is 14.0. The lowest BCUT2D eigenvalue weighted by atomic mass is 10.1. The van der Waals surface area contributed by atoms with Crippen LogP contribution >= 0.6 is 0 Å². The van der Waals surface area contributed by atoms with Gasteiger partial charge in [0.2, 0.25) is 0 Å². The minimum Gasteiger partial charge on any atom is -0.457 e. The molecule has 1 aliphatic rings. The fraction of sp³-hybridized carbons (Fsp3) is 0.300. The molecule has 0 bridgehead atoms. The lowest BCUT2D eigenvalue weighted by Gasteiger charge is -2.12. The first-order chi connectivity index (χ1) is 12.2. The van der Waals surface area contributed by atoms with Crippen LogP contribution in [0.4, 0.5) is 0 Å². The Morgan fingerprint density at radius 1 is 1.12 bits per heavy atom. The number of nitrogens with zero attached hydrogens (tertiary/aromatic N) is 1. The Labute approximate surface area is 148 Å². The summed E-state index contributed by atoms with van der Waals surface area (Å²) in [4.78, 5) is 16.4. The molecule has 0 saturated heterocycles. The molecule has 0 amide bonds. The summed E-state index contributed by atoms with van der Waals surface area (Å²) in [5.74, 6) is 0.478. The van der Waals surface area contributed by atoms with Gasteiger partial charge in [-0.05, 0) is 36.1 Å². The molecule has 0 atom stereocenters. The third-order valence-corrected chi connectivity index (χ3v) is 3.98. The number of esters is 1. The third kappa shape index (κ3) is 5.35. The van der Waals surface area contributed by atoms with Crippen molar-refractivity contribution in [2.75, 3.05) is 7.05 Å². The van der Waals surface area contributed by atoms with Crippen molar-refractivity contribution in [3.8, 4) is 0 Å². The van der Waals surface area contributed by atoms with E-state index in [4.69, 9.17) is 4.74 Å². The van der Waals surface area contributed by atoms with Crippen LogP contribution in [0.25, 0.3) is 0 Å². The zero-order chi connectivity index (χ0) is 17.5. The predicted molar refractivity (Wildman–Crippen MR) is 98.4 cm³/mol. The summed E-state index contributed by atoms with van der Waals surface area (Å²) in [5.41, 5.74) is 2.54. The number of carbonyl (C=O) groups is 1. The second-order valence-corrected chi connectivity index (χ2v) is 6.11. The van der Waals surface area contributed by atoms with Crippen LogP contribution in [0.1, 0.15) is 34.3 Å². The van der Waals surface area contributed by atoms with Crippen molar-refractivity contribution in [1.29, 1.82) is 0 Å². The number of guanidine groups is 1. The maximum Gasteiger partial charge on any atom is 0.338 e. The number of carbonyl (C=O) groups excluding carboxylic acids is 1. The van der Waals surface area contributed by atoms with E-state index in [1.54, 1.807) is 13.1 Å². The average molecular weight is 337 g/mol. The highest BCUT2D eigenvalue weighted by atomic mass is 16.5. The monoisotopic (exact) mass is 337 g/mol. The van der Waals surface area contributed by atoms with Gasteiger partial charge in [-0.2, -0.15) is 0 Å². The van der Waals surface area contributed by atoms with Gasteiger partial charge in [-0.3, -0.25) is 4.99 Å². The molecule has 25 heavy (non-hydrogen) atoms. The molecule has 130 valence electrons. The van der Waals surface area contributed by atoms with E-state index in [0.29, 0.717) is 18.2 Å². The van der Waals surface area contributed by atoms with Gasteiger partial charge in [0.15, 0.2) is 5.96 Å². The Balaban J connectivity index is 1.53. The van der Waals surface area contributed by atoms with Crippen LogP contribution in [0.15, 0.2) is 59.6 Å². The lowest BCUT2D eigenvalue weighted by Crippen LogP contribution is -2.38. The summed E-state index contributed by atoms with van der Waals surface area (Å²) in [6.07, 6.45) is 2.40. The topological polar surface area (TPSA) is 62.7 Å². The van der Waals surface area contributed by atoms with E-state index in [2.05, 4.69) is 15.6 Å². The number of nitrogens with one attached hydrogen (secondary N) is 2. The van der Waals surface area contributed by atoms with Gasteiger partial charge in [0.25, 0.3) is 0 Å². The van der Waals surface area contributed by atoms with Gasteiger partial charge < -0.3 is 15.4 Å². The molecule has 0 aromatic heterocycles. The van der Waals surface area contributed by atoms with Crippen LogP contribution in [0, 0.1) is 0 Å². The molecule has 2 N–H and O–H groups in total. The largest absolute Gasteiger partial charge is 0.457 e. The zero-order valence-corrected chi connectivity index (χ0v) is 14.4. The molecule has 1 saturated carbocycles. The molecule has 3 rings (SSSR count). The molecule has 5 heteroatoms. The zero-order valence-electron chi connectivity index (χ0n) is 14.4. The van der Waals surface area contributed by atoms with Crippen molar-refractivity contribution >= 4 is 11.9 Å². The van der Waals surface area contributed by atoms with Crippen LogP contribution in [-0.2, 0) is 17.9 Å². The van der Waals surface area contributed by atoms with E-state index in [-0.39, 0.29) is 12.6 Å². The highest BCUT2D eigenvalue weighted by Gasteiger charge is 2.22. The van der Waals surface area contributed by atoms with Crippen LogP contribution in [0.3, 0.4) is 0 Å². The molecule has 0 radical (unpaired) electrons. The first kappa shape index (κ1) is 17.0. The first-order valence-electron chi connectivity index (χ1n) is 8.52. The maximum absolute atomic E-state index is 12.2. The van der Waals surface area contributed by atoms with Crippen LogP contribution < -0.4 is 10.6 Å². The summed E-state index contributed by atoms with van der Waals surface area (Å²) in [7, 11) is 1.76. The molecular weight excluding hydrogens is 314 g/mol. The molecule has 5 nitrogen and oxygen atoms in total. The second-order valence-electron chi connectivity index (χ2n) is 6.11. The van der Waals surface area contributed by atoms with Gasteiger partial charge in [-0.15, -0.1) is 0 Å². The highest BCUT2D eigenvalue weighted by molar-refractivity contribution is 5.89. The van der Waals surface area contributed by atoms with Gasteiger partial charge >= 0.3 is 5.97 Å². The SMILES string of the molecule is CN=C(NCc1cccc(C(=O)OCc2ccccc2)c1)NC1CC1. The fourth-order valence-electron chi connectivity index (χ4n) is 2.42. The molecule has 0 heterocycles. The minimum absolute atomic E-state index is 0.278. The van der Waals surface area contributed by atoms with Crippen molar-refractivity contribution in [1.82, 2.24) is 10.6 Å². The van der Waals surface area contributed by atoms with E-state index in [9.17, 15) is 4.79 Å². The van der Waals surface area contributed by atoms with Crippen LogP contribution in [0.5, 0.6) is 0 Å². The van der Waals surface area contributed by atoms with Gasteiger partial charge in [0.1, 0.15) is 6.61 Å². The molecular formula is C20H23N3O2. The smallest absolute Gasteiger partial charge is 0.338 e. The third-order valence-electron chi connectivity index (χ3n) is 3.98. The molecule has 0 aliphatic heterocycles. The Morgan fingerprint density at radius 2 is 1.88 bits per heavy atom. The van der Waals surface area contributed by atoms with Crippen molar-refractivity contribution in [2.45, 2.75) is 32.0 Å². The molecule has 1 fully saturated rings. The second kappa shape index (κ2) is 8.33. The fourth-order valence-corrected chi connectivity index (χ4v) is 2.42. The molecule has 1 aliphatic carbocycles. The quantitative estimate of drug-likeness (QED) is 0.483. The Bertz CT molecular complexity index is 740. The summed E-state index contributed by atoms with van der Waals surface area (Å²) >= 11 is 0. The summed E-state index contributed by atoms with van der Waals surface area (Å²) in [6.45, 7) is 0.881. The molecule has 0 spiro atoms. The van der Waals surface area contributed by atoms with Crippen molar-refractivity contribution in [3.05, 3.63) is 71.3 Å². The van der Waals surface area contributed by atoms with Crippen LogP contribution in [-0.4, -0.2) is 25.0 Å². The van der Waals surface area contributed by atoms with Gasteiger partial charge in [-0.25, -0.2) is 4.79 Å². The van der Waals surface area contributed by atoms with Crippen LogP contribution in [0.2, 0.25) is 0 Å². The summed E-state index contributed by atoms with van der Waals surface area (Å²) in [5, 5.41) is 6.60. The minimum atomic E-state index is -0.314. The van der Waals surface area contributed by atoms with E-state index in [1.807, 2.05) is 48.5 Å². The molecule has 2 aromatic carbocycles. The van der Waals surface area contributed by atoms with Gasteiger partial charge in [0, 0.05) is 19.6 Å². The Morgan fingerprint density at radius 3 is 2.60 bits per heavy atom. The Kier molecular flexibility index (Phi) is 5.67. The Hall–Kier alpha value is -2.82. The van der Waals surface area contributed by atoms with E-state index in [1.165, 1.54) is 12.8 Å². The lowest BCUT2D eigenvalue weighted by molar-refractivity contribution is 0.0472. The van der Waals surface area contributed by atoms with Gasteiger partial charge in [0.05, 0.1) is 5.56 Å². The maximum atomic E-state index is 12.2. The summed E-state index contributed by atoms with van der Waals surface area (Å²) in [6, 6.07) is 17.7. The number of aliphatic imine (C=N–C) groups is 1. The molecule has 2 aromatic rings. The van der Waals surface area contributed by atoms with Crippen molar-refractivity contribution in [3.63, 3.8) is 0 Å². The number of rotatable bonds is 6. The van der Waals surface area contributed by atoms with E-state index < -0.39 is 0 Å². The van der Waals surface area contributed by atoms with Gasteiger partial charge in [-0.1, -0.05) is 42.5 Å². The number of ether oxygens (including phenoxy) is 1. The number of hydrogen-bond acceptors (Lipinski definition) is 3. The summed E-state index contributed by atoms with van der Waals surface area (Å²) < 4.78 is 5.38. The van der Waals surface area contributed by atoms with Crippen molar-refractivity contribution in [2.24, 2.45) is 4.99 Å². The number of hydrogen-bond donors (Lipinski definition) is 2. The van der Waals surface area contributed by atoms with Crippen molar-refractivity contribution < 1.29 is 9.53 Å². The standard InChI is InChI=1S/C20H23N3O2/c1-21-20(23-18-10-11-18)22-13-16-8-5-9-17(12-16)19(24)25-14-15-6-3-2-4-7-15/h2-9,12,18H,10-11,13-14H2,1H3,(H2,21,22,23). The highest BCUT2D eigenvalue weighted by Crippen LogP contribution is 2.18. The predicted octanol–water partition coefficient (Wildman–Crippen LogP) is 2.87. The first-order valence-corrected chi connectivity index (χ1v) is 8.52. The van der Waals surface area contributed by atoms with E-state index >= 15 is 0 Å². The van der Waals surface area contributed by atoms with E-state index in [0.717, 1.165) is 17.1 Å².